The summed E-state index contributed by atoms with van der Waals surface area (Å²) in [5.41, 5.74) is -0.399. The van der Waals surface area contributed by atoms with Crippen LogP contribution in [0.5, 0.6) is 0 Å². The lowest BCUT2D eigenvalue weighted by Crippen LogP contribution is -2.50. The van der Waals surface area contributed by atoms with E-state index in [4.69, 9.17) is 9.47 Å². The standard InChI is InChI=1S/C12H11BrO4/c13-11-5-3-4(5)10(9(14)15)7(8(10)11)6(3)12(11)16-1-2-17-12/h3-8H,1-2H2,(H,14,15)/t3-,4-,5+,6-,7+,8-,10+,11-/m1/s1. The molecule has 0 amide bonds. The Bertz CT molecular complexity index is 515. The van der Waals surface area contributed by atoms with E-state index in [9.17, 15) is 9.90 Å². The van der Waals surface area contributed by atoms with Crippen LogP contribution in [0.1, 0.15) is 0 Å². The van der Waals surface area contributed by atoms with Crippen LogP contribution in [-0.4, -0.2) is 34.4 Å². The van der Waals surface area contributed by atoms with Crippen molar-refractivity contribution >= 4 is 21.9 Å². The van der Waals surface area contributed by atoms with E-state index in [0.717, 1.165) is 0 Å². The van der Waals surface area contributed by atoms with Crippen LogP contribution in [-0.2, 0) is 14.3 Å². The number of carboxylic acids is 1. The second kappa shape index (κ2) is 1.91. The molecule has 5 heteroatoms. The number of carbonyl (C=O) groups is 1. The van der Waals surface area contributed by atoms with Gasteiger partial charge in [0.15, 0.2) is 5.79 Å². The van der Waals surface area contributed by atoms with Gasteiger partial charge < -0.3 is 14.6 Å². The van der Waals surface area contributed by atoms with Gasteiger partial charge in [-0.15, -0.1) is 0 Å². The van der Waals surface area contributed by atoms with Crippen LogP contribution in [0.3, 0.4) is 0 Å². The van der Waals surface area contributed by atoms with Gasteiger partial charge in [-0.3, -0.25) is 4.79 Å². The minimum atomic E-state index is -0.568. The smallest absolute Gasteiger partial charge is 0.310 e. The van der Waals surface area contributed by atoms with E-state index in [1.54, 1.807) is 0 Å². The fourth-order valence-corrected chi connectivity index (χ4v) is 8.56. The van der Waals surface area contributed by atoms with Gasteiger partial charge >= 0.3 is 5.97 Å². The van der Waals surface area contributed by atoms with Crippen LogP contribution < -0.4 is 0 Å². The van der Waals surface area contributed by atoms with Crippen molar-refractivity contribution < 1.29 is 19.4 Å². The molecule has 0 radical (unpaired) electrons. The van der Waals surface area contributed by atoms with Crippen molar-refractivity contribution in [3.8, 4) is 0 Å². The molecule has 6 saturated carbocycles. The Hall–Kier alpha value is -0.130. The summed E-state index contributed by atoms with van der Waals surface area (Å²) in [6.45, 7) is 1.32. The van der Waals surface area contributed by atoms with Gasteiger partial charge in [0.2, 0.25) is 0 Å². The molecule has 1 aliphatic heterocycles. The summed E-state index contributed by atoms with van der Waals surface area (Å²) < 4.78 is 11.8. The molecule has 0 unspecified atom stereocenters. The molecule has 17 heavy (non-hydrogen) atoms. The minimum Gasteiger partial charge on any atom is -0.481 e. The second-order valence-electron chi connectivity index (χ2n) is 6.53. The lowest BCUT2D eigenvalue weighted by Gasteiger charge is -2.37. The van der Waals surface area contributed by atoms with Crippen LogP contribution in [0.2, 0.25) is 0 Å². The second-order valence-corrected chi connectivity index (χ2v) is 7.84. The Morgan fingerprint density at radius 3 is 2.29 bits per heavy atom. The highest BCUT2D eigenvalue weighted by molar-refractivity contribution is 9.10. The van der Waals surface area contributed by atoms with Gasteiger partial charge in [-0.1, -0.05) is 15.9 Å². The van der Waals surface area contributed by atoms with Crippen molar-refractivity contribution in [3.05, 3.63) is 0 Å². The summed E-state index contributed by atoms with van der Waals surface area (Å²) in [5.74, 6) is 1.35. The molecular formula is C12H11BrO4. The Labute approximate surface area is 106 Å². The Morgan fingerprint density at radius 1 is 1.18 bits per heavy atom. The minimum absolute atomic E-state index is 0.181. The molecule has 0 aromatic carbocycles. The van der Waals surface area contributed by atoms with Crippen molar-refractivity contribution in [2.24, 2.45) is 40.9 Å². The van der Waals surface area contributed by atoms with E-state index in [0.29, 0.717) is 42.8 Å². The summed E-state index contributed by atoms with van der Waals surface area (Å²) in [6, 6.07) is 0. The lowest BCUT2D eigenvalue weighted by atomic mass is 9.94. The molecule has 90 valence electrons. The first-order chi connectivity index (χ1) is 8.13. The van der Waals surface area contributed by atoms with Gasteiger partial charge in [-0.25, -0.2) is 0 Å². The summed E-state index contributed by atoms with van der Waals surface area (Å²) in [7, 11) is 0. The van der Waals surface area contributed by atoms with Gasteiger partial charge in [0.25, 0.3) is 0 Å². The first kappa shape index (κ1) is 8.88. The van der Waals surface area contributed by atoms with Gasteiger partial charge in [-0.2, -0.15) is 0 Å². The third kappa shape index (κ3) is 0.479. The molecule has 7 rings (SSSR count). The number of aliphatic carboxylic acids is 1. The van der Waals surface area contributed by atoms with E-state index in [2.05, 4.69) is 15.9 Å². The Morgan fingerprint density at radius 2 is 1.88 bits per heavy atom. The fraction of sp³-hybridized carbons (Fsp3) is 0.917. The normalized spacial score (nSPS) is 73.5. The summed E-state index contributed by atoms with van der Waals surface area (Å²) in [4.78, 5) is 11.6. The van der Waals surface area contributed by atoms with Gasteiger partial charge in [-0.05, 0) is 23.7 Å². The summed E-state index contributed by atoms with van der Waals surface area (Å²) >= 11 is 3.90. The van der Waals surface area contributed by atoms with Gasteiger partial charge in [0, 0.05) is 11.8 Å². The van der Waals surface area contributed by atoms with Crippen LogP contribution in [0.4, 0.5) is 0 Å². The van der Waals surface area contributed by atoms with E-state index in [1.165, 1.54) is 0 Å². The van der Waals surface area contributed by atoms with Crippen LogP contribution >= 0.6 is 15.9 Å². The molecule has 1 N–H and O–H groups in total. The molecule has 1 saturated heterocycles. The van der Waals surface area contributed by atoms with E-state index in [1.807, 2.05) is 0 Å². The van der Waals surface area contributed by atoms with E-state index >= 15 is 0 Å². The zero-order valence-corrected chi connectivity index (χ0v) is 10.5. The predicted molar refractivity (Wildman–Crippen MR) is 57.3 cm³/mol. The number of carboxylic acid groups (broad SMARTS) is 1. The monoisotopic (exact) mass is 298 g/mol. The molecule has 7 fully saturated rings. The Kier molecular flexibility index (Phi) is 0.998. The zero-order chi connectivity index (χ0) is 11.4. The number of halogens is 1. The molecule has 7 aliphatic rings. The molecule has 8 atom stereocenters. The molecule has 6 aliphatic carbocycles. The highest BCUT2D eigenvalue weighted by Gasteiger charge is 3.10. The molecule has 1 heterocycles. The zero-order valence-electron chi connectivity index (χ0n) is 8.93. The first-order valence-corrected chi connectivity index (χ1v) is 7.13. The fourth-order valence-electron chi connectivity index (χ4n) is 6.82. The molecule has 0 aromatic rings. The van der Waals surface area contributed by atoms with Gasteiger partial charge in [0.05, 0.1) is 23.0 Å². The predicted octanol–water partition coefficient (Wildman–Crippen LogP) is 0.699. The highest BCUT2D eigenvalue weighted by atomic mass is 79.9. The molecule has 0 aromatic heterocycles. The lowest BCUT2D eigenvalue weighted by molar-refractivity contribution is -0.193. The van der Waals surface area contributed by atoms with Crippen molar-refractivity contribution in [1.82, 2.24) is 0 Å². The molecule has 4 nitrogen and oxygen atoms in total. The third-order valence-electron chi connectivity index (χ3n) is 6.74. The largest absolute Gasteiger partial charge is 0.481 e. The quantitative estimate of drug-likeness (QED) is 0.724. The Balaban J connectivity index is 1.63. The van der Waals surface area contributed by atoms with Crippen molar-refractivity contribution in [1.29, 1.82) is 0 Å². The number of hydrogen-bond donors (Lipinski definition) is 1. The molecule has 1 spiro atoms. The first-order valence-electron chi connectivity index (χ1n) is 6.33. The number of alkyl halides is 1. The molecular weight excluding hydrogens is 288 g/mol. The van der Waals surface area contributed by atoms with Crippen molar-refractivity contribution in [2.75, 3.05) is 13.2 Å². The van der Waals surface area contributed by atoms with Crippen LogP contribution in [0.25, 0.3) is 0 Å². The average Bonchev–Trinajstić information content (AvgIpc) is 2.97. The van der Waals surface area contributed by atoms with Crippen LogP contribution in [0, 0.1) is 40.9 Å². The van der Waals surface area contributed by atoms with E-state index in [-0.39, 0.29) is 10.2 Å². The molecule has 2 bridgehead atoms. The number of ether oxygens (including phenoxy) is 2. The summed E-state index contributed by atoms with van der Waals surface area (Å²) in [5, 5.41) is 9.59. The van der Waals surface area contributed by atoms with Crippen LogP contribution in [0.15, 0.2) is 0 Å². The number of hydrogen-bond acceptors (Lipinski definition) is 3. The highest BCUT2D eigenvalue weighted by Crippen LogP contribution is 3.04. The summed E-state index contributed by atoms with van der Waals surface area (Å²) in [6.07, 6.45) is 0. The SMILES string of the molecule is O=C(O)[C@@]12[C@@H]3[C@H]4[C@@H]5[C@H]1[C@H]2[C@](Br)([C@@H]43)C51OCCO1. The van der Waals surface area contributed by atoms with Gasteiger partial charge in [0.1, 0.15) is 0 Å². The maximum atomic E-state index is 11.6. The van der Waals surface area contributed by atoms with Crippen molar-refractivity contribution in [2.45, 2.75) is 10.1 Å². The van der Waals surface area contributed by atoms with Crippen molar-refractivity contribution in [3.63, 3.8) is 0 Å². The maximum absolute atomic E-state index is 11.6. The maximum Gasteiger partial charge on any atom is 0.310 e. The average molecular weight is 299 g/mol. The third-order valence-corrected chi connectivity index (χ3v) is 8.32. The van der Waals surface area contributed by atoms with E-state index < -0.39 is 17.2 Å². The topological polar surface area (TPSA) is 55.8 Å². The number of rotatable bonds is 1.